The first kappa shape index (κ1) is 14.3. The highest BCUT2D eigenvalue weighted by Gasteiger charge is 2.22. The molecule has 0 aliphatic heterocycles. The summed E-state index contributed by atoms with van der Waals surface area (Å²) in [7, 11) is 1.57. The van der Waals surface area contributed by atoms with Crippen LogP contribution >= 0.6 is 0 Å². The van der Waals surface area contributed by atoms with Crippen LogP contribution in [-0.4, -0.2) is 42.9 Å². The summed E-state index contributed by atoms with van der Waals surface area (Å²) in [5.41, 5.74) is 4.58. The Hall–Kier alpha value is -0.650. The van der Waals surface area contributed by atoms with Gasteiger partial charge in [0.05, 0.1) is 11.6 Å². The molecule has 0 spiro atoms. The molecule has 1 amide bonds. The molecule has 0 saturated carbocycles. The van der Waals surface area contributed by atoms with Crippen molar-refractivity contribution in [2.24, 2.45) is 5.73 Å². The van der Waals surface area contributed by atoms with Gasteiger partial charge in [0.1, 0.15) is 0 Å². The van der Waals surface area contributed by atoms with E-state index < -0.39 is 11.6 Å². The fourth-order valence-corrected chi connectivity index (χ4v) is 1.00. The Morgan fingerprint density at radius 3 is 2.73 bits per heavy atom. The van der Waals surface area contributed by atoms with E-state index in [-0.39, 0.29) is 12.5 Å². The molecule has 0 bridgehead atoms. The summed E-state index contributed by atoms with van der Waals surface area (Å²) in [5, 5.41) is 12.4. The minimum Gasteiger partial charge on any atom is -0.388 e. The molecular weight excluding hydrogens is 196 g/mol. The zero-order chi connectivity index (χ0) is 11.9. The van der Waals surface area contributed by atoms with Crippen molar-refractivity contribution in [3.05, 3.63) is 0 Å². The van der Waals surface area contributed by atoms with Gasteiger partial charge >= 0.3 is 0 Å². The second kappa shape index (κ2) is 6.76. The molecule has 0 radical (unpaired) electrons. The molecule has 5 heteroatoms. The van der Waals surface area contributed by atoms with Crippen molar-refractivity contribution in [3.63, 3.8) is 0 Å². The predicted octanol–water partition coefficient (Wildman–Crippen LogP) is -0.373. The molecule has 5 nitrogen and oxygen atoms in total. The number of ether oxygens (including phenoxy) is 1. The largest absolute Gasteiger partial charge is 0.388 e. The van der Waals surface area contributed by atoms with Crippen LogP contribution in [0, 0.1) is 0 Å². The molecule has 0 fully saturated rings. The molecule has 2 unspecified atom stereocenters. The summed E-state index contributed by atoms with van der Waals surface area (Å²) in [4.78, 5) is 11.3. The van der Waals surface area contributed by atoms with Crippen LogP contribution in [0.15, 0.2) is 0 Å². The van der Waals surface area contributed by atoms with Crippen LogP contribution in [0.25, 0.3) is 0 Å². The van der Waals surface area contributed by atoms with Crippen molar-refractivity contribution in [3.8, 4) is 0 Å². The number of carbonyl (C=O) groups is 1. The molecule has 0 aliphatic carbocycles. The van der Waals surface area contributed by atoms with Crippen LogP contribution in [0.4, 0.5) is 0 Å². The Labute approximate surface area is 91.0 Å². The predicted molar refractivity (Wildman–Crippen MR) is 58.4 cm³/mol. The smallest absolute Gasteiger partial charge is 0.237 e. The van der Waals surface area contributed by atoms with E-state index in [2.05, 4.69) is 5.32 Å². The Kier molecular flexibility index (Phi) is 6.47. The SMILES string of the molecule is CCC(N)C(=O)NCC(C)(O)CCOC. The lowest BCUT2D eigenvalue weighted by molar-refractivity contribution is -0.123. The third kappa shape index (κ3) is 6.43. The molecule has 0 aromatic heterocycles. The number of methoxy groups -OCH3 is 1. The monoisotopic (exact) mass is 218 g/mol. The number of nitrogens with one attached hydrogen (secondary N) is 1. The normalized spacial score (nSPS) is 16.9. The highest BCUT2D eigenvalue weighted by molar-refractivity contribution is 5.81. The fraction of sp³-hybridized carbons (Fsp3) is 0.900. The molecule has 2 atom stereocenters. The minimum absolute atomic E-state index is 0.197. The molecule has 0 aromatic carbocycles. The van der Waals surface area contributed by atoms with Crippen molar-refractivity contribution in [1.29, 1.82) is 0 Å². The van der Waals surface area contributed by atoms with Crippen molar-refractivity contribution in [1.82, 2.24) is 5.32 Å². The second-order valence-electron chi connectivity index (χ2n) is 3.97. The van der Waals surface area contributed by atoms with Gasteiger partial charge in [0, 0.05) is 26.7 Å². The molecule has 0 rings (SSSR count). The summed E-state index contributed by atoms with van der Waals surface area (Å²) >= 11 is 0. The number of hydrogen-bond donors (Lipinski definition) is 3. The van der Waals surface area contributed by atoms with Crippen LogP contribution in [0.5, 0.6) is 0 Å². The number of rotatable bonds is 7. The van der Waals surface area contributed by atoms with Crippen molar-refractivity contribution < 1.29 is 14.6 Å². The van der Waals surface area contributed by atoms with E-state index in [1.54, 1.807) is 14.0 Å². The van der Waals surface area contributed by atoms with Gasteiger partial charge in [-0.1, -0.05) is 6.92 Å². The van der Waals surface area contributed by atoms with E-state index in [1.807, 2.05) is 6.92 Å². The average Bonchev–Trinajstić information content (AvgIpc) is 2.22. The Morgan fingerprint density at radius 1 is 1.67 bits per heavy atom. The van der Waals surface area contributed by atoms with E-state index in [1.165, 1.54) is 0 Å². The van der Waals surface area contributed by atoms with Gasteiger partial charge in [0.2, 0.25) is 5.91 Å². The Balaban J connectivity index is 3.86. The third-order valence-corrected chi connectivity index (χ3v) is 2.26. The zero-order valence-electron chi connectivity index (χ0n) is 9.75. The lowest BCUT2D eigenvalue weighted by atomic mass is 10.0. The van der Waals surface area contributed by atoms with Crippen LogP contribution < -0.4 is 11.1 Å². The molecule has 90 valence electrons. The van der Waals surface area contributed by atoms with Crippen LogP contribution in [0.1, 0.15) is 26.7 Å². The first-order valence-corrected chi connectivity index (χ1v) is 5.17. The summed E-state index contributed by atoms with van der Waals surface area (Å²) in [5.74, 6) is -0.227. The van der Waals surface area contributed by atoms with Gasteiger partial charge in [-0.05, 0) is 13.3 Å². The van der Waals surface area contributed by atoms with Gasteiger partial charge in [0.15, 0.2) is 0 Å². The van der Waals surface area contributed by atoms with Crippen molar-refractivity contribution in [2.75, 3.05) is 20.3 Å². The van der Waals surface area contributed by atoms with Crippen molar-refractivity contribution >= 4 is 5.91 Å². The standard InChI is InChI=1S/C10H22N2O3/c1-4-8(11)9(13)12-7-10(2,14)5-6-15-3/h8,14H,4-7,11H2,1-3H3,(H,12,13). The van der Waals surface area contributed by atoms with Gasteiger partial charge in [-0.25, -0.2) is 0 Å². The number of aliphatic hydroxyl groups is 1. The average molecular weight is 218 g/mol. The summed E-state index contributed by atoms with van der Waals surface area (Å²) in [6.45, 7) is 4.16. The van der Waals surface area contributed by atoms with Crippen LogP contribution in [0.2, 0.25) is 0 Å². The van der Waals surface area contributed by atoms with Gasteiger partial charge in [0.25, 0.3) is 0 Å². The number of carbonyl (C=O) groups excluding carboxylic acids is 1. The molecular formula is C10H22N2O3. The summed E-state index contributed by atoms with van der Waals surface area (Å²) in [6, 6.07) is -0.497. The van der Waals surface area contributed by atoms with E-state index in [0.717, 1.165) is 0 Å². The van der Waals surface area contributed by atoms with E-state index in [0.29, 0.717) is 19.4 Å². The van der Waals surface area contributed by atoms with Gasteiger partial charge in [-0.15, -0.1) is 0 Å². The molecule has 0 aromatic rings. The maximum absolute atomic E-state index is 11.3. The maximum atomic E-state index is 11.3. The second-order valence-corrected chi connectivity index (χ2v) is 3.97. The summed E-state index contributed by atoms with van der Waals surface area (Å²) < 4.78 is 4.86. The maximum Gasteiger partial charge on any atom is 0.237 e. The third-order valence-electron chi connectivity index (χ3n) is 2.26. The molecule has 0 saturated heterocycles. The summed E-state index contributed by atoms with van der Waals surface area (Å²) in [6.07, 6.45) is 1.07. The van der Waals surface area contributed by atoms with E-state index in [4.69, 9.17) is 10.5 Å². The van der Waals surface area contributed by atoms with Gasteiger partial charge in [-0.3, -0.25) is 4.79 Å². The number of nitrogens with two attached hydrogens (primary N) is 1. The van der Waals surface area contributed by atoms with Crippen LogP contribution in [-0.2, 0) is 9.53 Å². The highest BCUT2D eigenvalue weighted by atomic mass is 16.5. The van der Waals surface area contributed by atoms with Crippen molar-refractivity contribution in [2.45, 2.75) is 38.3 Å². The van der Waals surface area contributed by atoms with Crippen LogP contribution in [0.3, 0.4) is 0 Å². The molecule has 15 heavy (non-hydrogen) atoms. The Morgan fingerprint density at radius 2 is 2.27 bits per heavy atom. The first-order chi connectivity index (χ1) is 6.93. The number of hydrogen-bond acceptors (Lipinski definition) is 4. The highest BCUT2D eigenvalue weighted by Crippen LogP contribution is 2.07. The minimum atomic E-state index is -0.945. The number of amides is 1. The van der Waals surface area contributed by atoms with E-state index >= 15 is 0 Å². The molecule has 0 aliphatic rings. The topological polar surface area (TPSA) is 84.6 Å². The first-order valence-electron chi connectivity index (χ1n) is 5.17. The zero-order valence-corrected chi connectivity index (χ0v) is 9.75. The fourth-order valence-electron chi connectivity index (χ4n) is 1.00. The van der Waals surface area contributed by atoms with Gasteiger partial charge in [-0.2, -0.15) is 0 Å². The lowest BCUT2D eigenvalue weighted by Gasteiger charge is -2.24. The molecule has 4 N–H and O–H groups in total. The quantitative estimate of drug-likeness (QED) is 0.544. The van der Waals surface area contributed by atoms with Gasteiger partial charge < -0.3 is 20.9 Å². The van der Waals surface area contributed by atoms with E-state index in [9.17, 15) is 9.90 Å². The Bertz CT molecular complexity index is 195. The lowest BCUT2D eigenvalue weighted by Crippen LogP contribution is -2.47. The molecule has 0 heterocycles.